The molecule has 0 amide bonds. The fourth-order valence-corrected chi connectivity index (χ4v) is 2.12. The van der Waals surface area contributed by atoms with Crippen LogP contribution in [-0.2, 0) is 0 Å². The highest BCUT2D eigenvalue weighted by atomic mass is 35.5. The van der Waals surface area contributed by atoms with Crippen molar-refractivity contribution in [3.05, 3.63) is 57.6 Å². The number of aromatic hydroxyl groups is 1. The Morgan fingerprint density at radius 3 is 2.37 bits per heavy atom. The van der Waals surface area contributed by atoms with Crippen molar-refractivity contribution in [2.24, 2.45) is 0 Å². The molecule has 0 spiro atoms. The largest absolute Gasteiger partial charge is 0.506 e. The molecular formula is C15H12Cl2O2. The maximum absolute atomic E-state index is 9.82. The van der Waals surface area contributed by atoms with E-state index in [1.807, 2.05) is 30.3 Å². The molecule has 0 atom stereocenters. The summed E-state index contributed by atoms with van der Waals surface area (Å²) in [6, 6.07) is 10.7. The minimum atomic E-state index is 0.0239. The molecule has 0 aliphatic heterocycles. The lowest BCUT2D eigenvalue weighted by molar-refractivity contribution is 0.415. The summed E-state index contributed by atoms with van der Waals surface area (Å²) in [4.78, 5) is 0. The molecule has 2 nitrogen and oxygen atoms in total. The van der Waals surface area contributed by atoms with Gasteiger partial charge < -0.3 is 9.84 Å². The molecular weight excluding hydrogens is 283 g/mol. The van der Waals surface area contributed by atoms with Gasteiger partial charge in [-0.15, -0.1) is 0 Å². The number of phenolic OH excluding ortho intramolecular Hbond substituents is 1. The summed E-state index contributed by atoms with van der Waals surface area (Å²) >= 11 is 11.8. The molecule has 19 heavy (non-hydrogen) atoms. The van der Waals surface area contributed by atoms with Gasteiger partial charge in [-0.1, -0.05) is 47.5 Å². The highest BCUT2D eigenvalue weighted by Gasteiger charge is 2.05. The van der Waals surface area contributed by atoms with Crippen molar-refractivity contribution in [2.45, 2.75) is 0 Å². The first-order chi connectivity index (χ1) is 9.10. The Balaban J connectivity index is 2.27. The molecule has 0 fully saturated rings. The van der Waals surface area contributed by atoms with Gasteiger partial charge in [-0.25, -0.2) is 0 Å². The minimum absolute atomic E-state index is 0.0239. The lowest BCUT2D eigenvalue weighted by atomic mass is 10.1. The molecule has 2 aromatic carbocycles. The average Bonchev–Trinajstić information content (AvgIpc) is 2.41. The topological polar surface area (TPSA) is 29.5 Å². The normalized spacial score (nSPS) is 10.9. The van der Waals surface area contributed by atoms with Crippen molar-refractivity contribution in [2.75, 3.05) is 7.11 Å². The second kappa shape index (κ2) is 6.00. The smallest absolute Gasteiger partial charge is 0.141 e. The van der Waals surface area contributed by atoms with Crippen LogP contribution in [0.3, 0.4) is 0 Å². The van der Waals surface area contributed by atoms with Gasteiger partial charge in [0.1, 0.15) is 11.5 Å². The lowest BCUT2D eigenvalue weighted by Crippen LogP contribution is -1.81. The Kier molecular flexibility index (Phi) is 4.35. The second-order valence-electron chi connectivity index (χ2n) is 3.93. The molecule has 4 heteroatoms. The van der Waals surface area contributed by atoms with E-state index < -0.39 is 0 Å². The predicted octanol–water partition coefficient (Wildman–Crippen LogP) is 4.88. The molecule has 0 heterocycles. The minimum Gasteiger partial charge on any atom is -0.506 e. The van der Waals surface area contributed by atoms with Gasteiger partial charge in [0.15, 0.2) is 0 Å². The van der Waals surface area contributed by atoms with Crippen LogP contribution in [0.25, 0.3) is 12.2 Å². The van der Waals surface area contributed by atoms with E-state index in [0.29, 0.717) is 10.6 Å². The number of hydrogen-bond donors (Lipinski definition) is 1. The fraction of sp³-hybridized carbons (Fsp3) is 0.0667. The number of halogens is 2. The van der Waals surface area contributed by atoms with Gasteiger partial charge in [-0.2, -0.15) is 0 Å². The molecule has 98 valence electrons. The van der Waals surface area contributed by atoms with Gasteiger partial charge in [0.2, 0.25) is 0 Å². The quantitative estimate of drug-likeness (QED) is 0.818. The zero-order chi connectivity index (χ0) is 13.8. The standard InChI is InChI=1S/C15H12Cl2O2/c1-19-13-6-3-10(4-7-13)2-5-11-8-12(16)9-14(17)15(11)18/h2-9,18H,1H3/b5-2+. The van der Waals surface area contributed by atoms with Crippen LogP contribution in [-0.4, -0.2) is 12.2 Å². The van der Waals surface area contributed by atoms with E-state index in [1.54, 1.807) is 19.3 Å². The molecule has 0 saturated heterocycles. The second-order valence-corrected chi connectivity index (χ2v) is 4.78. The number of hydrogen-bond acceptors (Lipinski definition) is 2. The third kappa shape index (κ3) is 3.43. The SMILES string of the molecule is COc1ccc(/C=C/c2cc(Cl)cc(Cl)c2O)cc1. The number of ether oxygens (including phenoxy) is 1. The third-order valence-electron chi connectivity index (χ3n) is 2.63. The van der Waals surface area contributed by atoms with E-state index in [-0.39, 0.29) is 10.8 Å². The van der Waals surface area contributed by atoms with Gasteiger partial charge in [0, 0.05) is 10.6 Å². The summed E-state index contributed by atoms with van der Waals surface area (Å²) in [5.41, 5.74) is 1.56. The van der Waals surface area contributed by atoms with Crippen LogP contribution in [0.5, 0.6) is 11.5 Å². The Labute approximate surface area is 121 Å². The van der Waals surface area contributed by atoms with E-state index in [0.717, 1.165) is 11.3 Å². The predicted molar refractivity (Wildman–Crippen MR) is 80.0 cm³/mol. The van der Waals surface area contributed by atoms with Crippen LogP contribution in [0.2, 0.25) is 10.0 Å². The summed E-state index contributed by atoms with van der Waals surface area (Å²) in [6.45, 7) is 0. The summed E-state index contributed by atoms with van der Waals surface area (Å²) in [5.74, 6) is 0.821. The van der Waals surface area contributed by atoms with Crippen LogP contribution in [0, 0.1) is 0 Å². The zero-order valence-corrected chi connectivity index (χ0v) is 11.7. The third-order valence-corrected chi connectivity index (χ3v) is 3.14. The van der Waals surface area contributed by atoms with E-state index >= 15 is 0 Å². The number of benzene rings is 2. The molecule has 0 unspecified atom stereocenters. The van der Waals surface area contributed by atoms with E-state index in [1.165, 1.54) is 6.07 Å². The summed E-state index contributed by atoms with van der Waals surface area (Å²) in [6.07, 6.45) is 3.62. The van der Waals surface area contributed by atoms with Gasteiger partial charge in [0.05, 0.1) is 12.1 Å². The molecule has 0 saturated carbocycles. The molecule has 0 radical (unpaired) electrons. The van der Waals surface area contributed by atoms with E-state index in [9.17, 15) is 5.11 Å². The molecule has 0 aliphatic carbocycles. The van der Waals surface area contributed by atoms with Crippen molar-refractivity contribution in [3.8, 4) is 11.5 Å². The van der Waals surface area contributed by atoms with Crippen molar-refractivity contribution in [1.29, 1.82) is 0 Å². The summed E-state index contributed by atoms with van der Waals surface area (Å²) in [7, 11) is 1.62. The van der Waals surface area contributed by atoms with Crippen LogP contribution >= 0.6 is 23.2 Å². The van der Waals surface area contributed by atoms with Crippen molar-refractivity contribution < 1.29 is 9.84 Å². The lowest BCUT2D eigenvalue weighted by Gasteiger charge is -2.03. The first kappa shape index (κ1) is 13.8. The van der Waals surface area contributed by atoms with Gasteiger partial charge >= 0.3 is 0 Å². The number of rotatable bonds is 3. The first-order valence-electron chi connectivity index (χ1n) is 5.60. The number of methoxy groups -OCH3 is 1. The molecule has 2 aromatic rings. The Morgan fingerprint density at radius 1 is 1.05 bits per heavy atom. The van der Waals surface area contributed by atoms with Gasteiger partial charge in [-0.3, -0.25) is 0 Å². The summed E-state index contributed by atoms with van der Waals surface area (Å²) < 4.78 is 5.08. The highest BCUT2D eigenvalue weighted by Crippen LogP contribution is 2.32. The van der Waals surface area contributed by atoms with Crippen molar-refractivity contribution in [1.82, 2.24) is 0 Å². The Bertz CT molecular complexity index is 604. The molecule has 0 bridgehead atoms. The zero-order valence-electron chi connectivity index (χ0n) is 10.2. The average molecular weight is 295 g/mol. The van der Waals surface area contributed by atoms with Crippen LogP contribution in [0.15, 0.2) is 36.4 Å². The Hall–Kier alpha value is -1.64. The molecule has 1 N–H and O–H groups in total. The maximum Gasteiger partial charge on any atom is 0.141 e. The summed E-state index contributed by atoms with van der Waals surface area (Å²) in [5, 5.41) is 10.5. The van der Waals surface area contributed by atoms with Crippen molar-refractivity contribution in [3.63, 3.8) is 0 Å². The monoisotopic (exact) mass is 294 g/mol. The van der Waals surface area contributed by atoms with Crippen molar-refractivity contribution >= 4 is 35.4 Å². The van der Waals surface area contributed by atoms with Gasteiger partial charge in [0.25, 0.3) is 0 Å². The first-order valence-corrected chi connectivity index (χ1v) is 6.36. The number of phenols is 1. The fourth-order valence-electron chi connectivity index (χ4n) is 1.61. The van der Waals surface area contributed by atoms with Gasteiger partial charge in [-0.05, 0) is 29.8 Å². The van der Waals surface area contributed by atoms with Crippen LogP contribution in [0.4, 0.5) is 0 Å². The Morgan fingerprint density at radius 2 is 1.74 bits per heavy atom. The van der Waals surface area contributed by atoms with E-state index in [2.05, 4.69) is 0 Å². The molecule has 0 aliphatic rings. The molecule has 2 rings (SSSR count). The maximum atomic E-state index is 9.82. The highest BCUT2D eigenvalue weighted by molar-refractivity contribution is 6.35. The van der Waals surface area contributed by atoms with Crippen LogP contribution in [0.1, 0.15) is 11.1 Å². The van der Waals surface area contributed by atoms with E-state index in [4.69, 9.17) is 27.9 Å². The van der Waals surface area contributed by atoms with Crippen LogP contribution < -0.4 is 4.74 Å². The molecule has 0 aromatic heterocycles.